The van der Waals surface area contributed by atoms with Gasteiger partial charge in [0.15, 0.2) is 0 Å². The molecule has 0 unspecified atom stereocenters. The summed E-state index contributed by atoms with van der Waals surface area (Å²) < 4.78 is 36.5. The van der Waals surface area contributed by atoms with Crippen LogP contribution in [0, 0.1) is 10.1 Å². The molecule has 1 aromatic rings. The van der Waals surface area contributed by atoms with E-state index in [2.05, 4.69) is 9.46 Å². The van der Waals surface area contributed by atoms with Gasteiger partial charge in [-0.15, -0.1) is 0 Å². The molecule has 148 valence electrons. The summed E-state index contributed by atoms with van der Waals surface area (Å²) in [4.78, 5) is 44.5. The number of nitrogens with zero attached hydrogens (tertiary/aromatic N) is 1. The summed E-state index contributed by atoms with van der Waals surface area (Å²) in [5.41, 5.74) is -0.300. The first kappa shape index (κ1) is 22.0. The normalized spacial score (nSPS) is 13.1. The molecule has 2 atom stereocenters. The van der Waals surface area contributed by atoms with Crippen LogP contribution >= 0.6 is 0 Å². The summed E-state index contributed by atoms with van der Waals surface area (Å²) in [5.74, 6) is -2.67. The molecule has 1 rings (SSSR count). The molecule has 0 heterocycles. The molecule has 0 amide bonds. The summed E-state index contributed by atoms with van der Waals surface area (Å²) in [6.07, 6.45) is -2.03. The second kappa shape index (κ2) is 9.07. The zero-order valence-corrected chi connectivity index (χ0v) is 15.5. The molecule has 0 saturated heterocycles. The third-order valence-electron chi connectivity index (χ3n) is 3.24. The number of anilines is 1. The Morgan fingerprint density at radius 3 is 2.22 bits per heavy atom. The number of esters is 2. The van der Waals surface area contributed by atoms with Crippen LogP contribution in [0.2, 0.25) is 0 Å². The first-order valence-corrected chi connectivity index (χ1v) is 9.05. The van der Waals surface area contributed by atoms with Crippen LogP contribution in [-0.2, 0) is 33.9 Å². The maximum atomic E-state index is 12.6. The van der Waals surface area contributed by atoms with Crippen LogP contribution in [0.25, 0.3) is 0 Å². The second-order valence-corrected chi connectivity index (χ2v) is 7.27. The van der Waals surface area contributed by atoms with Crippen LogP contribution in [0.15, 0.2) is 24.3 Å². The molecule has 27 heavy (non-hydrogen) atoms. The molecular formula is C15H18N2O9S. The number of ether oxygens (including phenoxy) is 2. The lowest BCUT2D eigenvalue weighted by Crippen LogP contribution is -2.45. The molecule has 0 radical (unpaired) electrons. The summed E-state index contributed by atoms with van der Waals surface area (Å²) in [6.45, 7) is 2.31. The van der Waals surface area contributed by atoms with Gasteiger partial charge in [0.1, 0.15) is 18.3 Å². The van der Waals surface area contributed by atoms with E-state index in [4.69, 9.17) is 4.74 Å². The van der Waals surface area contributed by atoms with Gasteiger partial charge in [-0.25, -0.2) is 8.42 Å². The predicted octanol–water partition coefficient (Wildman–Crippen LogP) is 0.789. The molecular weight excluding hydrogens is 384 g/mol. The molecule has 11 nitrogen and oxygen atoms in total. The molecule has 1 aromatic carbocycles. The Bertz CT molecular complexity index is 833. The van der Waals surface area contributed by atoms with Gasteiger partial charge in [0, 0.05) is 17.8 Å². The van der Waals surface area contributed by atoms with Gasteiger partial charge in [0.05, 0.1) is 12.0 Å². The van der Waals surface area contributed by atoms with E-state index in [1.54, 1.807) is 0 Å². The minimum Gasteiger partial charge on any atom is -0.468 e. The molecule has 0 bridgehead atoms. The fourth-order valence-corrected chi connectivity index (χ4v) is 3.58. The number of nitro groups is 1. The molecule has 0 aliphatic heterocycles. The van der Waals surface area contributed by atoms with Gasteiger partial charge in [0.2, 0.25) is 15.3 Å². The van der Waals surface area contributed by atoms with E-state index in [1.165, 1.54) is 0 Å². The van der Waals surface area contributed by atoms with Crippen LogP contribution in [0.5, 0.6) is 0 Å². The van der Waals surface area contributed by atoms with Crippen molar-refractivity contribution in [1.82, 2.24) is 0 Å². The fraction of sp³-hybridized carbons (Fsp3) is 0.400. The average molecular weight is 402 g/mol. The van der Waals surface area contributed by atoms with Crippen LogP contribution in [-0.4, -0.2) is 49.5 Å². The van der Waals surface area contributed by atoms with Gasteiger partial charge < -0.3 is 9.47 Å². The van der Waals surface area contributed by atoms with Crippen molar-refractivity contribution in [2.24, 2.45) is 0 Å². The Morgan fingerprint density at radius 1 is 1.22 bits per heavy atom. The largest absolute Gasteiger partial charge is 0.468 e. The van der Waals surface area contributed by atoms with Crippen molar-refractivity contribution in [3.05, 3.63) is 34.4 Å². The van der Waals surface area contributed by atoms with E-state index >= 15 is 0 Å². The van der Waals surface area contributed by atoms with Crippen molar-refractivity contribution in [3.8, 4) is 0 Å². The van der Waals surface area contributed by atoms with Gasteiger partial charge in [-0.1, -0.05) is 0 Å². The lowest BCUT2D eigenvalue weighted by Gasteiger charge is -2.22. The monoisotopic (exact) mass is 402 g/mol. The third-order valence-corrected chi connectivity index (χ3v) is 5.01. The van der Waals surface area contributed by atoms with Crippen molar-refractivity contribution >= 4 is 39.1 Å². The number of carbonyl (C=O) groups is 3. The molecule has 0 spiro atoms. The Labute approximate surface area is 154 Å². The highest BCUT2D eigenvalue weighted by atomic mass is 32.2. The standard InChI is InChI=1S/C15H18N2O9S/c1-9(18)8-13(19)26-10(2)14(15(20)25-3)27(23,24)16-11-4-6-12(7-5-11)17(21)22/h4-7,10,14,16H,8H2,1-3H3/t10-,14+/m1/s1. The minimum absolute atomic E-state index is 0.0447. The molecule has 0 aromatic heterocycles. The Kier molecular flexibility index (Phi) is 7.40. The van der Waals surface area contributed by atoms with E-state index in [1.807, 2.05) is 0 Å². The van der Waals surface area contributed by atoms with Crippen LogP contribution < -0.4 is 4.72 Å². The Morgan fingerprint density at radius 2 is 1.78 bits per heavy atom. The van der Waals surface area contributed by atoms with E-state index in [9.17, 15) is 32.9 Å². The Balaban J connectivity index is 3.06. The van der Waals surface area contributed by atoms with Gasteiger partial charge in [-0.2, -0.15) is 0 Å². The average Bonchev–Trinajstić information content (AvgIpc) is 2.53. The molecule has 0 aliphatic rings. The lowest BCUT2D eigenvalue weighted by atomic mass is 10.2. The first-order chi connectivity index (χ1) is 12.5. The Hall–Kier alpha value is -3.02. The highest BCUT2D eigenvalue weighted by molar-refractivity contribution is 7.94. The zero-order chi connectivity index (χ0) is 20.8. The van der Waals surface area contributed by atoms with E-state index in [0.717, 1.165) is 45.2 Å². The van der Waals surface area contributed by atoms with Crippen molar-refractivity contribution in [3.63, 3.8) is 0 Å². The zero-order valence-electron chi connectivity index (χ0n) is 14.7. The number of non-ortho nitro benzene ring substituents is 1. The fourth-order valence-electron chi connectivity index (χ4n) is 2.08. The van der Waals surface area contributed by atoms with Crippen LogP contribution in [0.3, 0.4) is 0 Å². The topological polar surface area (TPSA) is 159 Å². The number of carbonyl (C=O) groups excluding carboxylic acids is 3. The quantitative estimate of drug-likeness (QED) is 0.272. The molecule has 1 N–H and O–H groups in total. The number of nitrogens with one attached hydrogen (secondary N) is 1. The van der Waals surface area contributed by atoms with Gasteiger partial charge in [0.25, 0.3) is 5.69 Å². The number of hydrogen-bond donors (Lipinski definition) is 1. The number of ketones is 1. The van der Waals surface area contributed by atoms with E-state index in [0.29, 0.717) is 0 Å². The first-order valence-electron chi connectivity index (χ1n) is 7.50. The van der Waals surface area contributed by atoms with Gasteiger partial charge in [-0.05, 0) is 26.0 Å². The number of methoxy groups -OCH3 is 1. The SMILES string of the molecule is COC(=O)[C@H]([C@@H](C)OC(=O)CC(C)=O)S(=O)(=O)Nc1ccc([N+](=O)[O-])cc1. The van der Waals surface area contributed by atoms with Crippen molar-refractivity contribution in [2.75, 3.05) is 11.8 Å². The summed E-state index contributed by atoms with van der Waals surface area (Å²) in [7, 11) is -3.49. The second-order valence-electron chi connectivity index (χ2n) is 5.47. The van der Waals surface area contributed by atoms with E-state index in [-0.39, 0.29) is 11.4 Å². The van der Waals surface area contributed by atoms with Crippen molar-refractivity contribution in [2.45, 2.75) is 31.6 Å². The molecule has 0 aliphatic carbocycles. The van der Waals surface area contributed by atoms with Gasteiger partial charge in [-0.3, -0.25) is 29.2 Å². The predicted molar refractivity (Wildman–Crippen MR) is 92.3 cm³/mol. The minimum atomic E-state index is -4.45. The van der Waals surface area contributed by atoms with Gasteiger partial charge >= 0.3 is 11.9 Å². The smallest absolute Gasteiger partial charge is 0.329 e. The highest BCUT2D eigenvalue weighted by Crippen LogP contribution is 2.20. The number of rotatable bonds is 9. The maximum Gasteiger partial charge on any atom is 0.329 e. The lowest BCUT2D eigenvalue weighted by molar-refractivity contribution is -0.384. The van der Waals surface area contributed by atoms with Crippen molar-refractivity contribution in [1.29, 1.82) is 0 Å². The number of sulfonamides is 1. The molecule has 0 saturated carbocycles. The summed E-state index contributed by atoms with van der Waals surface area (Å²) >= 11 is 0. The summed E-state index contributed by atoms with van der Waals surface area (Å²) in [6, 6.07) is 4.41. The molecule has 12 heteroatoms. The summed E-state index contributed by atoms with van der Waals surface area (Å²) in [5, 5.41) is 8.71. The van der Waals surface area contributed by atoms with E-state index < -0.39 is 50.4 Å². The number of nitro benzene ring substituents is 1. The van der Waals surface area contributed by atoms with Crippen LogP contribution in [0.4, 0.5) is 11.4 Å². The van der Waals surface area contributed by atoms with Crippen molar-refractivity contribution < 1.29 is 37.2 Å². The van der Waals surface area contributed by atoms with Crippen LogP contribution in [0.1, 0.15) is 20.3 Å². The highest BCUT2D eigenvalue weighted by Gasteiger charge is 2.41. The molecule has 0 fully saturated rings. The maximum absolute atomic E-state index is 12.6. The number of Topliss-reactive ketones (excluding diaryl/α,β-unsaturated/α-hetero) is 1. The number of hydrogen-bond acceptors (Lipinski definition) is 9. The number of benzene rings is 1. The third kappa shape index (κ3) is 6.33.